The molecule has 2 aliphatic heterocycles. The third-order valence-electron chi connectivity index (χ3n) is 12.3. The molecule has 3 amide bonds. The molecule has 5 rings (SSSR count). The highest BCUT2D eigenvalue weighted by atomic mass is 32.2. The summed E-state index contributed by atoms with van der Waals surface area (Å²) in [5.41, 5.74) is 1.96. The Kier molecular flexibility index (Phi) is 17.5. The maximum Gasteiger partial charge on any atom is 0.310 e. The fourth-order valence-electron chi connectivity index (χ4n) is 8.92. The Balaban J connectivity index is 1.13. The van der Waals surface area contributed by atoms with Gasteiger partial charge in [0.25, 0.3) is 0 Å². The zero-order chi connectivity index (χ0) is 42.5. The first kappa shape index (κ1) is 45.9. The van der Waals surface area contributed by atoms with Crippen molar-refractivity contribution in [2.75, 3.05) is 18.8 Å². The number of hydrogen-bond acceptors (Lipinski definition) is 10. The SMILES string of the molecule is CC#CC[C@H](C)[C@H](O)/C=C/[C@@H]1[C@H]2c3cccc(CCCC(=O)O)c3O[C@H]2C[C@H]1OC(=O)[C@@H]1CCCC[C@@H]1C(=O)NCCCCCCSC1CC(=O)N(CCC(C)=O)C1=O. The van der Waals surface area contributed by atoms with Crippen LogP contribution >= 0.6 is 11.8 Å². The van der Waals surface area contributed by atoms with Crippen LogP contribution in [0.2, 0.25) is 0 Å². The summed E-state index contributed by atoms with van der Waals surface area (Å²) in [6.07, 6.45) is 11.1. The van der Waals surface area contributed by atoms with Crippen molar-refractivity contribution in [1.29, 1.82) is 0 Å². The number of aryl methyl sites for hydroxylation is 1. The number of hydrogen-bond donors (Lipinski definition) is 3. The number of para-hydroxylation sites is 1. The van der Waals surface area contributed by atoms with Crippen molar-refractivity contribution in [2.24, 2.45) is 23.7 Å². The lowest BCUT2D eigenvalue weighted by Gasteiger charge is -2.31. The number of carboxylic acid groups (broad SMARTS) is 1. The number of rotatable bonds is 22. The van der Waals surface area contributed by atoms with Crippen molar-refractivity contribution >= 4 is 47.2 Å². The molecule has 2 saturated carbocycles. The molecule has 0 bridgehead atoms. The molecule has 1 aromatic carbocycles. The maximum atomic E-state index is 14.0. The van der Waals surface area contributed by atoms with Crippen molar-refractivity contribution in [3.8, 4) is 17.6 Å². The fourth-order valence-corrected chi connectivity index (χ4v) is 10.1. The van der Waals surface area contributed by atoms with Crippen LogP contribution in [0, 0.1) is 35.5 Å². The molecule has 13 heteroatoms. The molecule has 4 aliphatic rings. The van der Waals surface area contributed by atoms with Crippen LogP contribution in [0.5, 0.6) is 5.75 Å². The lowest BCUT2D eigenvalue weighted by atomic mass is 9.78. The van der Waals surface area contributed by atoms with Gasteiger partial charge in [-0.25, -0.2) is 0 Å². The van der Waals surface area contributed by atoms with Crippen LogP contribution in [0.1, 0.15) is 128 Å². The lowest BCUT2D eigenvalue weighted by Crippen LogP contribution is -2.41. The van der Waals surface area contributed by atoms with Gasteiger partial charge >= 0.3 is 11.9 Å². The quantitative estimate of drug-likeness (QED) is 0.0401. The molecule has 1 aromatic rings. The Morgan fingerprint density at radius 2 is 1.83 bits per heavy atom. The predicted octanol–water partition coefficient (Wildman–Crippen LogP) is 6.16. The number of aliphatic hydroxyl groups excluding tert-OH is 1. The van der Waals surface area contributed by atoms with E-state index < -0.39 is 30.0 Å². The van der Waals surface area contributed by atoms with Gasteiger partial charge in [0.15, 0.2) is 0 Å². The van der Waals surface area contributed by atoms with Gasteiger partial charge in [-0.3, -0.25) is 33.7 Å². The van der Waals surface area contributed by atoms with Gasteiger partial charge in [-0.15, -0.1) is 23.6 Å². The molecule has 1 unspecified atom stereocenters. The van der Waals surface area contributed by atoms with Crippen LogP contribution in [-0.4, -0.2) is 93.0 Å². The summed E-state index contributed by atoms with van der Waals surface area (Å²) >= 11 is 1.50. The summed E-state index contributed by atoms with van der Waals surface area (Å²) < 4.78 is 12.9. The van der Waals surface area contributed by atoms with Crippen LogP contribution in [-0.2, 0) is 39.9 Å². The molecule has 9 atom stereocenters. The Morgan fingerprint density at radius 1 is 1.07 bits per heavy atom. The zero-order valence-corrected chi connectivity index (χ0v) is 35.6. The van der Waals surface area contributed by atoms with Crippen LogP contribution in [0.15, 0.2) is 30.4 Å². The molecule has 1 saturated heterocycles. The highest BCUT2D eigenvalue weighted by Gasteiger charge is 2.52. The number of ketones is 1. The second-order valence-corrected chi connectivity index (χ2v) is 17.9. The molecule has 59 heavy (non-hydrogen) atoms. The number of imide groups is 1. The van der Waals surface area contributed by atoms with Crippen molar-refractivity contribution < 1.29 is 48.5 Å². The Labute approximate surface area is 353 Å². The number of carboxylic acids is 1. The smallest absolute Gasteiger partial charge is 0.310 e. The van der Waals surface area contributed by atoms with Gasteiger partial charge in [0.1, 0.15) is 23.7 Å². The highest BCUT2D eigenvalue weighted by Crippen LogP contribution is 2.53. The number of aliphatic carboxylic acids is 1. The van der Waals surface area contributed by atoms with Gasteiger partial charge < -0.3 is 25.0 Å². The van der Waals surface area contributed by atoms with E-state index >= 15 is 0 Å². The number of carbonyl (C=O) groups excluding carboxylic acids is 5. The summed E-state index contributed by atoms with van der Waals surface area (Å²) in [5, 5.41) is 22.9. The number of benzene rings is 1. The number of unbranched alkanes of at least 4 members (excludes halogenated alkanes) is 3. The minimum Gasteiger partial charge on any atom is -0.489 e. The molecule has 322 valence electrons. The number of likely N-dealkylation sites (tertiary alicyclic amines) is 1. The predicted molar refractivity (Wildman–Crippen MR) is 224 cm³/mol. The van der Waals surface area contributed by atoms with E-state index in [1.165, 1.54) is 23.6 Å². The van der Waals surface area contributed by atoms with Gasteiger partial charge in [0, 0.05) is 62.6 Å². The molecule has 2 aliphatic carbocycles. The number of thioether (sulfide) groups is 1. The fraction of sp³-hybridized carbons (Fsp3) is 0.652. The minimum atomic E-state index is -0.837. The first-order chi connectivity index (χ1) is 28.4. The number of esters is 1. The largest absolute Gasteiger partial charge is 0.489 e. The molecule has 0 radical (unpaired) electrons. The first-order valence-corrected chi connectivity index (χ1v) is 22.6. The molecular weight excluding hydrogens is 773 g/mol. The number of nitrogens with one attached hydrogen (secondary N) is 1. The highest BCUT2D eigenvalue weighted by molar-refractivity contribution is 8.00. The first-order valence-electron chi connectivity index (χ1n) is 21.6. The van der Waals surface area contributed by atoms with E-state index in [9.17, 15) is 39.0 Å². The number of ether oxygens (including phenoxy) is 2. The molecule has 2 heterocycles. The summed E-state index contributed by atoms with van der Waals surface area (Å²) in [5.74, 6) is 4.14. The summed E-state index contributed by atoms with van der Waals surface area (Å²) in [7, 11) is 0. The normalized spacial score (nSPS) is 25.8. The number of carbonyl (C=O) groups is 6. The summed E-state index contributed by atoms with van der Waals surface area (Å²) in [6, 6.07) is 5.96. The molecular formula is C46H62N2O10S. The Hall–Kier alpha value is -4.15. The standard InChI is InChI=1S/C46H62N2O10S/c1-4-5-14-29(2)36(50)22-21-34-37(27-38-42(34)35-19-12-15-31(43(35)57-38)16-13-20-41(52)53)58-46(56)33-18-9-8-17-32(33)44(54)47-24-10-6-7-11-26-59-39-28-40(51)48(45(39)55)25-23-30(3)49/h12,15,19,21-22,29,32-34,36-39,42,50H,6-11,13-14,16-18,20,23-28H2,1-3H3,(H,47,54)(H,52,53)/b22-21+/t29-,32-,33+,34-,36+,37+,38-,39?,42-/m0/s1. The number of Topliss-reactive ketones (excluding diaryl/α,β-unsaturated/α-hetero) is 1. The van der Waals surface area contributed by atoms with Crippen LogP contribution < -0.4 is 10.1 Å². The lowest BCUT2D eigenvalue weighted by molar-refractivity contribution is -0.161. The van der Waals surface area contributed by atoms with Gasteiger partial charge in [0.05, 0.1) is 23.2 Å². The van der Waals surface area contributed by atoms with E-state index in [0.29, 0.717) is 45.1 Å². The Bertz CT molecular complexity index is 1770. The van der Waals surface area contributed by atoms with E-state index in [1.807, 2.05) is 31.2 Å². The van der Waals surface area contributed by atoms with E-state index in [1.54, 1.807) is 13.0 Å². The van der Waals surface area contributed by atoms with E-state index in [2.05, 4.69) is 17.2 Å². The van der Waals surface area contributed by atoms with Crippen molar-refractivity contribution in [3.05, 3.63) is 41.5 Å². The van der Waals surface area contributed by atoms with Crippen molar-refractivity contribution in [1.82, 2.24) is 10.2 Å². The van der Waals surface area contributed by atoms with Gasteiger partial charge in [-0.2, -0.15) is 0 Å². The van der Waals surface area contributed by atoms with Crippen LogP contribution in [0.25, 0.3) is 0 Å². The Morgan fingerprint density at radius 3 is 2.58 bits per heavy atom. The van der Waals surface area contributed by atoms with E-state index in [-0.39, 0.29) is 84.4 Å². The molecule has 0 aromatic heterocycles. The third kappa shape index (κ3) is 12.4. The number of fused-ring (bicyclic) bond motifs is 3. The average Bonchev–Trinajstić information content (AvgIpc) is 3.83. The van der Waals surface area contributed by atoms with Crippen LogP contribution in [0.4, 0.5) is 0 Å². The molecule has 0 spiro atoms. The summed E-state index contributed by atoms with van der Waals surface area (Å²) in [4.78, 5) is 76.0. The van der Waals surface area contributed by atoms with Crippen molar-refractivity contribution in [2.45, 2.75) is 147 Å². The number of nitrogens with zero attached hydrogens (tertiary/aromatic N) is 1. The maximum absolute atomic E-state index is 14.0. The summed E-state index contributed by atoms with van der Waals surface area (Å²) in [6.45, 7) is 5.83. The molecule has 3 N–H and O–H groups in total. The van der Waals surface area contributed by atoms with E-state index in [0.717, 1.165) is 61.2 Å². The number of aliphatic hydroxyl groups is 1. The van der Waals surface area contributed by atoms with Crippen LogP contribution in [0.3, 0.4) is 0 Å². The van der Waals surface area contributed by atoms with Gasteiger partial charge in [-0.05, 0) is 69.6 Å². The zero-order valence-electron chi connectivity index (χ0n) is 34.8. The number of amides is 3. The van der Waals surface area contributed by atoms with E-state index in [4.69, 9.17) is 9.47 Å². The average molecular weight is 835 g/mol. The molecule has 3 fully saturated rings. The van der Waals surface area contributed by atoms with Gasteiger partial charge in [0.2, 0.25) is 17.7 Å². The minimum absolute atomic E-state index is 0.0488. The van der Waals surface area contributed by atoms with Crippen molar-refractivity contribution in [3.63, 3.8) is 0 Å². The second-order valence-electron chi connectivity index (χ2n) is 16.6. The second kappa shape index (κ2) is 22.5. The molecule has 12 nitrogen and oxygen atoms in total. The topological polar surface area (TPSA) is 177 Å². The monoisotopic (exact) mass is 834 g/mol. The van der Waals surface area contributed by atoms with Gasteiger partial charge in [-0.1, -0.05) is 63.0 Å². The third-order valence-corrected chi connectivity index (χ3v) is 13.6.